The molecule has 1 aromatic carbocycles. The van der Waals surface area contributed by atoms with Crippen LogP contribution in [-0.2, 0) is 14.8 Å². The molecule has 0 radical (unpaired) electrons. The highest BCUT2D eigenvalue weighted by Gasteiger charge is 2.20. The van der Waals surface area contributed by atoms with Crippen molar-refractivity contribution in [2.45, 2.75) is 38.7 Å². The van der Waals surface area contributed by atoms with Crippen molar-refractivity contribution in [1.82, 2.24) is 4.90 Å². The van der Waals surface area contributed by atoms with E-state index in [-0.39, 0.29) is 10.8 Å². The van der Waals surface area contributed by atoms with Crippen LogP contribution in [0.4, 0.5) is 0 Å². The van der Waals surface area contributed by atoms with Gasteiger partial charge in [-0.1, -0.05) is 0 Å². The van der Waals surface area contributed by atoms with Gasteiger partial charge in [0.15, 0.2) is 6.10 Å². The van der Waals surface area contributed by atoms with Gasteiger partial charge >= 0.3 is 0 Å². The maximum Gasteiger partial charge on any atom is 0.263 e. The summed E-state index contributed by atoms with van der Waals surface area (Å²) < 4.78 is 28.2. The second-order valence-electron chi connectivity index (χ2n) is 4.74. The monoisotopic (exact) mass is 314 g/mol. The highest BCUT2D eigenvalue weighted by molar-refractivity contribution is 7.89. The molecule has 118 valence electrons. The second kappa shape index (κ2) is 6.91. The molecule has 7 heteroatoms. The fraction of sp³-hybridized carbons (Fsp3) is 0.500. The molecule has 0 spiro atoms. The normalized spacial score (nSPS) is 12.8. The molecule has 21 heavy (non-hydrogen) atoms. The molecule has 0 heterocycles. The fourth-order valence-electron chi connectivity index (χ4n) is 1.96. The summed E-state index contributed by atoms with van der Waals surface area (Å²) >= 11 is 0. The Kier molecular flexibility index (Phi) is 5.74. The molecular formula is C14H22N2O4S. The topological polar surface area (TPSA) is 89.7 Å². The first-order valence-electron chi connectivity index (χ1n) is 6.79. The van der Waals surface area contributed by atoms with Gasteiger partial charge in [-0.15, -0.1) is 0 Å². The molecule has 1 atom stereocenters. The third-order valence-corrected chi connectivity index (χ3v) is 4.11. The molecule has 0 fully saturated rings. The van der Waals surface area contributed by atoms with Gasteiger partial charge in [-0.05, 0) is 51.5 Å². The highest BCUT2D eigenvalue weighted by Crippen LogP contribution is 2.22. The van der Waals surface area contributed by atoms with Crippen molar-refractivity contribution in [1.29, 1.82) is 0 Å². The number of amides is 1. The van der Waals surface area contributed by atoms with Gasteiger partial charge in [-0.2, -0.15) is 0 Å². The molecule has 6 nitrogen and oxygen atoms in total. The van der Waals surface area contributed by atoms with Crippen molar-refractivity contribution < 1.29 is 17.9 Å². The van der Waals surface area contributed by atoms with E-state index in [0.717, 1.165) is 0 Å². The summed E-state index contributed by atoms with van der Waals surface area (Å²) in [6.45, 7) is 8.42. The van der Waals surface area contributed by atoms with E-state index in [1.54, 1.807) is 18.7 Å². The first-order chi connectivity index (χ1) is 9.70. The summed E-state index contributed by atoms with van der Waals surface area (Å²) in [5.74, 6) is 0.366. The quantitative estimate of drug-likeness (QED) is 0.856. The minimum absolute atomic E-state index is 0.0232. The van der Waals surface area contributed by atoms with Crippen LogP contribution >= 0.6 is 0 Å². The van der Waals surface area contributed by atoms with E-state index in [2.05, 4.69) is 0 Å². The number of hydrogen-bond acceptors (Lipinski definition) is 4. The molecule has 0 saturated heterocycles. The van der Waals surface area contributed by atoms with E-state index >= 15 is 0 Å². The Bertz CT molecular complexity index is 609. The van der Waals surface area contributed by atoms with E-state index in [1.165, 1.54) is 18.2 Å². The number of benzene rings is 1. The van der Waals surface area contributed by atoms with Gasteiger partial charge in [-0.25, -0.2) is 13.6 Å². The van der Waals surface area contributed by atoms with E-state index in [1.807, 2.05) is 13.8 Å². The zero-order valence-corrected chi connectivity index (χ0v) is 13.6. The molecule has 1 amide bonds. The average Bonchev–Trinajstić information content (AvgIpc) is 2.41. The van der Waals surface area contributed by atoms with Crippen molar-refractivity contribution in [2.75, 3.05) is 13.1 Å². The lowest BCUT2D eigenvalue weighted by atomic mass is 10.2. The summed E-state index contributed by atoms with van der Waals surface area (Å²) in [6, 6.07) is 4.31. The van der Waals surface area contributed by atoms with Crippen molar-refractivity contribution in [3.8, 4) is 5.75 Å². The number of nitrogens with two attached hydrogens (primary N) is 1. The van der Waals surface area contributed by atoms with Crippen molar-refractivity contribution >= 4 is 15.9 Å². The van der Waals surface area contributed by atoms with Crippen LogP contribution in [0.5, 0.6) is 5.75 Å². The fourth-order valence-corrected chi connectivity index (χ4v) is 2.56. The van der Waals surface area contributed by atoms with Gasteiger partial charge in [-0.3, -0.25) is 4.79 Å². The number of primary sulfonamides is 1. The van der Waals surface area contributed by atoms with E-state index in [0.29, 0.717) is 24.4 Å². The molecule has 2 N–H and O–H groups in total. The molecule has 0 aliphatic rings. The van der Waals surface area contributed by atoms with Crippen molar-refractivity contribution in [3.05, 3.63) is 23.8 Å². The van der Waals surface area contributed by atoms with Crippen LogP contribution in [0.1, 0.15) is 26.3 Å². The van der Waals surface area contributed by atoms with Crippen molar-refractivity contribution in [3.63, 3.8) is 0 Å². The zero-order chi connectivity index (χ0) is 16.2. The van der Waals surface area contributed by atoms with Crippen LogP contribution in [0.25, 0.3) is 0 Å². The first-order valence-corrected chi connectivity index (χ1v) is 8.34. The van der Waals surface area contributed by atoms with Gasteiger partial charge in [0.05, 0.1) is 4.90 Å². The average molecular weight is 314 g/mol. The Balaban J connectivity index is 2.91. The maximum absolute atomic E-state index is 12.1. The number of nitrogens with zero attached hydrogens (tertiary/aromatic N) is 1. The molecule has 0 bridgehead atoms. The van der Waals surface area contributed by atoms with Crippen LogP contribution in [0, 0.1) is 6.92 Å². The minimum Gasteiger partial charge on any atom is -0.481 e. The molecule has 0 aliphatic heterocycles. The van der Waals surface area contributed by atoms with Crippen LogP contribution < -0.4 is 9.88 Å². The van der Waals surface area contributed by atoms with Crippen LogP contribution in [0.15, 0.2) is 23.1 Å². The van der Waals surface area contributed by atoms with Crippen molar-refractivity contribution in [2.24, 2.45) is 5.14 Å². The largest absolute Gasteiger partial charge is 0.481 e. The first kappa shape index (κ1) is 17.5. The summed E-state index contributed by atoms with van der Waals surface area (Å²) in [4.78, 5) is 13.8. The number of ether oxygens (including phenoxy) is 1. The summed E-state index contributed by atoms with van der Waals surface area (Å²) in [7, 11) is -3.74. The maximum atomic E-state index is 12.1. The predicted molar refractivity (Wildman–Crippen MR) is 80.6 cm³/mol. The number of rotatable bonds is 6. The van der Waals surface area contributed by atoms with E-state index in [4.69, 9.17) is 9.88 Å². The number of sulfonamides is 1. The lowest BCUT2D eigenvalue weighted by Gasteiger charge is -2.24. The third-order valence-electron chi connectivity index (χ3n) is 3.20. The van der Waals surface area contributed by atoms with Gasteiger partial charge in [0.2, 0.25) is 10.0 Å². The van der Waals surface area contributed by atoms with E-state index < -0.39 is 16.1 Å². The minimum atomic E-state index is -3.74. The highest BCUT2D eigenvalue weighted by atomic mass is 32.2. The SMILES string of the molecule is CCN(CC)C(=O)C(C)Oc1ccc(S(N)(=O)=O)cc1C. The number of hydrogen-bond donors (Lipinski definition) is 1. The Morgan fingerprint density at radius 3 is 2.33 bits per heavy atom. The number of carbonyl (C=O) groups excluding carboxylic acids is 1. The van der Waals surface area contributed by atoms with Gasteiger partial charge in [0, 0.05) is 13.1 Å². The molecule has 0 saturated carbocycles. The Hall–Kier alpha value is -1.60. The molecule has 0 aliphatic carbocycles. The third kappa shape index (κ3) is 4.44. The Morgan fingerprint density at radius 1 is 1.33 bits per heavy atom. The number of aryl methyl sites for hydroxylation is 1. The molecule has 1 rings (SSSR count). The summed E-state index contributed by atoms with van der Waals surface area (Å²) in [5.41, 5.74) is 0.612. The van der Waals surface area contributed by atoms with Crippen LogP contribution in [-0.4, -0.2) is 38.4 Å². The molecule has 0 aromatic heterocycles. The van der Waals surface area contributed by atoms with Gasteiger partial charge in [0.1, 0.15) is 5.75 Å². The zero-order valence-electron chi connectivity index (χ0n) is 12.8. The molecular weight excluding hydrogens is 292 g/mol. The predicted octanol–water partition coefficient (Wildman–Crippen LogP) is 1.28. The lowest BCUT2D eigenvalue weighted by molar-refractivity contribution is -0.137. The Labute approximate surface area is 125 Å². The number of likely N-dealkylation sites (N-methyl/N-ethyl adjacent to an activating group) is 1. The smallest absolute Gasteiger partial charge is 0.263 e. The summed E-state index contributed by atoms with van der Waals surface area (Å²) in [5, 5.41) is 5.07. The standard InChI is InChI=1S/C14H22N2O4S/c1-5-16(6-2)14(17)11(4)20-13-8-7-12(9-10(13)3)21(15,18)19/h7-9,11H,5-6H2,1-4H3,(H2,15,18,19). The van der Waals surface area contributed by atoms with E-state index in [9.17, 15) is 13.2 Å². The lowest BCUT2D eigenvalue weighted by Crippen LogP contribution is -2.40. The number of carbonyl (C=O) groups is 1. The summed E-state index contributed by atoms with van der Waals surface area (Å²) in [6.07, 6.45) is -0.635. The Morgan fingerprint density at radius 2 is 1.90 bits per heavy atom. The second-order valence-corrected chi connectivity index (χ2v) is 6.30. The molecule has 1 unspecified atom stereocenters. The van der Waals surface area contributed by atoms with Gasteiger partial charge in [0.25, 0.3) is 5.91 Å². The molecule has 1 aromatic rings. The van der Waals surface area contributed by atoms with Crippen LogP contribution in [0.3, 0.4) is 0 Å². The van der Waals surface area contributed by atoms with Crippen LogP contribution in [0.2, 0.25) is 0 Å². The van der Waals surface area contributed by atoms with Gasteiger partial charge < -0.3 is 9.64 Å².